The molecule has 2 heterocycles. The van der Waals surface area contributed by atoms with Crippen molar-refractivity contribution >= 4 is 48.9 Å². The first-order chi connectivity index (χ1) is 12.4. The summed E-state index contributed by atoms with van der Waals surface area (Å²) in [6.07, 6.45) is 3.91. The Kier molecular flexibility index (Phi) is 6.17. The van der Waals surface area contributed by atoms with Crippen LogP contribution >= 0.6 is 27.3 Å². The second-order valence-electron chi connectivity index (χ2n) is 6.35. The van der Waals surface area contributed by atoms with Crippen LogP contribution in [-0.4, -0.2) is 31.7 Å². The van der Waals surface area contributed by atoms with Crippen molar-refractivity contribution < 1.29 is 13.2 Å². The number of anilines is 1. The first-order valence-electron chi connectivity index (χ1n) is 8.55. The van der Waals surface area contributed by atoms with Crippen LogP contribution in [0.25, 0.3) is 0 Å². The summed E-state index contributed by atoms with van der Waals surface area (Å²) in [5, 5.41) is 2.85. The van der Waals surface area contributed by atoms with Crippen molar-refractivity contribution in [2.75, 3.05) is 18.4 Å². The van der Waals surface area contributed by atoms with Crippen LogP contribution in [0.3, 0.4) is 0 Å². The van der Waals surface area contributed by atoms with Crippen LogP contribution in [0.1, 0.15) is 40.9 Å². The normalized spacial score (nSPS) is 16.2. The zero-order chi connectivity index (χ0) is 18.7. The Morgan fingerprint density at radius 2 is 1.81 bits per heavy atom. The van der Waals surface area contributed by atoms with E-state index in [4.69, 9.17) is 0 Å². The molecule has 1 aliphatic rings. The highest BCUT2D eigenvalue weighted by molar-refractivity contribution is 9.10. The average molecular weight is 457 g/mol. The van der Waals surface area contributed by atoms with E-state index in [0.717, 1.165) is 47.1 Å². The van der Waals surface area contributed by atoms with Gasteiger partial charge in [0, 0.05) is 23.2 Å². The van der Waals surface area contributed by atoms with Gasteiger partial charge in [-0.05, 0) is 55.7 Å². The molecule has 1 N–H and O–H groups in total. The molecular weight excluding hydrogens is 436 g/mol. The third-order valence-electron chi connectivity index (χ3n) is 4.40. The number of halogens is 1. The van der Waals surface area contributed by atoms with Crippen LogP contribution in [0.5, 0.6) is 0 Å². The quantitative estimate of drug-likeness (QED) is 0.728. The molecule has 140 valence electrons. The highest BCUT2D eigenvalue weighted by Gasteiger charge is 2.27. The molecular formula is C18H21BrN2O3S2. The molecule has 0 unspecified atom stereocenters. The molecule has 1 fully saturated rings. The summed E-state index contributed by atoms with van der Waals surface area (Å²) in [5.41, 5.74) is 1.64. The highest BCUT2D eigenvalue weighted by Crippen LogP contribution is 2.28. The smallest absolute Gasteiger partial charge is 0.265 e. The molecule has 26 heavy (non-hydrogen) atoms. The first-order valence-corrected chi connectivity index (χ1v) is 11.6. The molecule has 8 heteroatoms. The Morgan fingerprint density at radius 1 is 1.12 bits per heavy atom. The molecule has 1 aromatic carbocycles. The molecule has 0 radical (unpaired) electrons. The Balaban J connectivity index is 1.77. The Hall–Kier alpha value is -1.22. The number of thiophene rings is 1. The van der Waals surface area contributed by atoms with Gasteiger partial charge in [-0.1, -0.05) is 28.8 Å². The van der Waals surface area contributed by atoms with E-state index in [0.29, 0.717) is 23.7 Å². The topological polar surface area (TPSA) is 66.5 Å². The van der Waals surface area contributed by atoms with Gasteiger partial charge in [-0.2, -0.15) is 4.31 Å². The van der Waals surface area contributed by atoms with Gasteiger partial charge in [-0.25, -0.2) is 8.42 Å². The summed E-state index contributed by atoms with van der Waals surface area (Å²) in [7, 11) is -3.52. The number of benzene rings is 1. The summed E-state index contributed by atoms with van der Waals surface area (Å²) in [6, 6.07) is 8.71. The monoisotopic (exact) mass is 456 g/mol. The van der Waals surface area contributed by atoms with Crippen LogP contribution in [0.2, 0.25) is 0 Å². The summed E-state index contributed by atoms with van der Waals surface area (Å²) in [5.74, 6) is -0.294. The number of aryl methyl sites for hydroxylation is 1. The van der Waals surface area contributed by atoms with Gasteiger partial charge in [0.2, 0.25) is 0 Å². The maximum atomic E-state index is 12.8. The van der Waals surface area contributed by atoms with Crippen molar-refractivity contribution in [3.63, 3.8) is 0 Å². The number of carbonyl (C=O) groups is 1. The van der Waals surface area contributed by atoms with Gasteiger partial charge in [-0.3, -0.25) is 4.79 Å². The fraction of sp³-hybridized carbons (Fsp3) is 0.389. The lowest BCUT2D eigenvalue weighted by atomic mass is 10.2. The fourth-order valence-corrected chi connectivity index (χ4v) is 6.29. The predicted molar refractivity (Wildman–Crippen MR) is 108 cm³/mol. The number of sulfonamides is 1. The molecule has 0 saturated carbocycles. The molecule has 2 aromatic rings. The van der Waals surface area contributed by atoms with Gasteiger partial charge in [0.1, 0.15) is 4.21 Å². The summed E-state index contributed by atoms with van der Waals surface area (Å²) < 4.78 is 28.4. The van der Waals surface area contributed by atoms with E-state index in [1.54, 1.807) is 10.4 Å². The Labute approximate surface area is 166 Å². The van der Waals surface area contributed by atoms with Crippen LogP contribution in [-0.2, 0) is 10.0 Å². The molecule has 0 aliphatic carbocycles. The maximum Gasteiger partial charge on any atom is 0.265 e. The van der Waals surface area contributed by atoms with Crippen LogP contribution in [0, 0.1) is 6.92 Å². The number of carbonyl (C=O) groups excluding carboxylic acids is 1. The number of nitrogens with zero attached hydrogens (tertiary/aromatic N) is 1. The lowest BCUT2D eigenvalue weighted by Crippen LogP contribution is -2.31. The van der Waals surface area contributed by atoms with E-state index in [2.05, 4.69) is 21.2 Å². The second-order valence-corrected chi connectivity index (χ2v) is 10.5. The van der Waals surface area contributed by atoms with Gasteiger partial charge in [0.25, 0.3) is 15.9 Å². The average Bonchev–Trinajstić information content (AvgIpc) is 2.94. The van der Waals surface area contributed by atoms with E-state index in [9.17, 15) is 13.2 Å². The van der Waals surface area contributed by atoms with Crippen LogP contribution < -0.4 is 5.32 Å². The summed E-state index contributed by atoms with van der Waals surface area (Å²) in [6.45, 7) is 3.02. The molecule has 0 bridgehead atoms. The Morgan fingerprint density at radius 3 is 2.46 bits per heavy atom. The van der Waals surface area contributed by atoms with Gasteiger partial charge in [0.05, 0.1) is 4.88 Å². The van der Waals surface area contributed by atoms with Gasteiger partial charge in [0.15, 0.2) is 0 Å². The number of rotatable bonds is 4. The molecule has 0 atom stereocenters. The molecule has 1 aromatic heterocycles. The predicted octanol–water partition coefficient (Wildman–Crippen LogP) is 4.64. The minimum absolute atomic E-state index is 0.233. The zero-order valence-corrected chi connectivity index (χ0v) is 17.7. The third-order valence-corrected chi connectivity index (χ3v) is 8.34. The summed E-state index contributed by atoms with van der Waals surface area (Å²) >= 11 is 4.42. The molecule has 3 rings (SSSR count). The van der Waals surface area contributed by atoms with E-state index < -0.39 is 10.0 Å². The van der Waals surface area contributed by atoms with E-state index in [1.165, 1.54) is 6.07 Å². The molecule has 0 spiro atoms. The van der Waals surface area contributed by atoms with Crippen molar-refractivity contribution in [2.24, 2.45) is 0 Å². The largest absolute Gasteiger partial charge is 0.321 e. The SMILES string of the molecule is Cc1cc(Br)ccc1NC(=O)c1ccc(S(=O)(=O)N2CCCCCC2)s1. The first kappa shape index (κ1) is 19.5. The minimum atomic E-state index is -3.52. The van der Waals surface area contributed by atoms with E-state index in [1.807, 2.05) is 25.1 Å². The van der Waals surface area contributed by atoms with Gasteiger partial charge < -0.3 is 5.32 Å². The van der Waals surface area contributed by atoms with Crippen molar-refractivity contribution in [3.8, 4) is 0 Å². The van der Waals surface area contributed by atoms with Crippen molar-refractivity contribution in [2.45, 2.75) is 36.8 Å². The van der Waals surface area contributed by atoms with Crippen molar-refractivity contribution in [1.29, 1.82) is 0 Å². The van der Waals surface area contributed by atoms with Gasteiger partial charge in [-0.15, -0.1) is 11.3 Å². The Bertz CT molecular complexity index is 901. The van der Waals surface area contributed by atoms with Crippen LogP contribution in [0.4, 0.5) is 5.69 Å². The standard InChI is InChI=1S/C18H21BrN2O3S2/c1-13-12-14(19)6-7-15(13)20-18(22)16-8-9-17(25-16)26(23,24)21-10-4-2-3-5-11-21/h6-9,12H,2-5,10-11H2,1H3,(H,20,22). The fourth-order valence-electron chi connectivity index (χ4n) is 2.94. The highest BCUT2D eigenvalue weighted by atomic mass is 79.9. The lowest BCUT2D eigenvalue weighted by Gasteiger charge is -2.18. The minimum Gasteiger partial charge on any atom is -0.321 e. The third kappa shape index (κ3) is 4.36. The van der Waals surface area contributed by atoms with E-state index in [-0.39, 0.29) is 10.1 Å². The zero-order valence-electron chi connectivity index (χ0n) is 14.5. The molecule has 1 saturated heterocycles. The lowest BCUT2D eigenvalue weighted by molar-refractivity contribution is 0.103. The maximum absolute atomic E-state index is 12.8. The van der Waals surface area contributed by atoms with Crippen molar-refractivity contribution in [3.05, 3.63) is 45.2 Å². The van der Waals surface area contributed by atoms with E-state index >= 15 is 0 Å². The molecule has 1 amide bonds. The number of hydrogen-bond acceptors (Lipinski definition) is 4. The van der Waals surface area contributed by atoms with Gasteiger partial charge >= 0.3 is 0 Å². The number of hydrogen-bond donors (Lipinski definition) is 1. The second kappa shape index (κ2) is 8.21. The van der Waals surface area contributed by atoms with Crippen LogP contribution in [0.15, 0.2) is 39.0 Å². The van der Waals surface area contributed by atoms with Crippen molar-refractivity contribution in [1.82, 2.24) is 4.31 Å². The molecule has 1 aliphatic heterocycles. The number of nitrogens with one attached hydrogen (secondary N) is 1. The summed E-state index contributed by atoms with van der Waals surface area (Å²) in [4.78, 5) is 12.9. The molecule has 5 nitrogen and oxygen atoms in total. The number of amides is 1.